The molecular weight excluding hydrogens is 178 g/mol. The van der Waals surface area contributed by atoms with E-state index in [0.717, 1.165) is 6.42 Å². The number of hydrogen-bond acceptors (Lipinski definition) is 2. The third-order valence-corrected chi connectivity index (χ3v) is 2.27. The maximum absolute atomic E-state index is 10.5. The molecule has 14 heavy (non-hydrogen) atoms. The molecule has 2 atom stereocenters. The summed E-state index contributed by atoms with van der Waals surface area (Å²) < 4.78 is 0. The Morgan fingerprint density at radius 2 is 2.14 bits per heavy atom. The van der Waals surface area contributed by atoms with Gasteiger partial charge in [-0.25, -0.2) is 0 Å². The molecule has 2 unspecified atom stereocenters. The second-order valence-corrected chi connectivity index (χ2v) is 3.65. The van der Waals surface area contributed by atoms with E-state index in [1.165, 1.54) is 19.3 Å². The van der Waals surface area contributed by atoms with Crippen molar-refractivity contribution in [1.29, 1.82) is 0 Å². The number of hydrogen-bond donors (Lipinski definition) is 2. The van der Waals surface area contributed by atoms with Gasteiger partial charge in [-0.1, -0.05) is 38.8 Å². The highest BCUT2D eigenvalue weighted by Gasteiger charge is 2.16. The van der Waals surface area contributed by atoms with E-state index in [-0.39, 0.29) is 5.92 Å². The number of rotatable bonds is 7. The normalized spacial score (nSPS) is 15.6. The predicted molar refractivity (Wildman–Crippen MR) is 58.1 cm³/mol. The van der Waals surface area contributed by atoms with Crippen LogP contribution in [-0.2, 0) is 4.79 Å². The van der Waals surface area contributed by atoms with E-state index < -0.39 is 12.0 Å². The fourth-order valence-electron chi connectivity index (χ4n) is 1.17. The van der Waals surface area contributed by atoms with Gasteiger partial charge in [0.25, 0.3) is 0 Å². The highest BCUT2D eigenvalue weighted by molar-refractivity contribution is 5.73. The van der Waals surface area contributed by atoms with Crippen LogP contribution in [0.4, 0.5) is 0 Å². The smallest absolute Gasteiger partial charge is 0.321 e. The third-order valence-electron chi connectivity index (χ3n) is 2.27. The zero-order valence-corrected chi connectivity index (χ0v) is 9.07. The summed E-state index contributed by atoms with van der Waals surface area (Å²) in [5.41, 5.74) is 5.45. The molecule has 3 nitrogen and oxygen atoms in total. The quantitative estimate of drug-likeness (QED) is 0.488. The van der Waals surface area contributed by atoms with Gasteiger partial charge < -0.3 is 10.8 Å². The number of carboxylic acid groups (broad SMARTS) is 1. The van der Waals surface area contributed by atoms with Crippen molar-refractivity contribution in [3.63, 3.8) is 0 Å². The van der Waals surface area contributed by atoms with Gasteiger partial charge in [-0.2, -0.15) is 0 Å². The molecule has 3 N–H and O–H groups in total. The van der Waals surface area contributed by atoms with Gasteiger partial charge in [0.15, 0.2) is 0 Å². The zero-order chi connectivity index (χ0) is 11.0. The molecule has 0 aromatic carbocycles. The Morgan fingerprint density at radius 3 is 2.64 bits per heavy atom. The summed E-state index contributed by atoms with van der Waals surface area (Å²) in [5, 5.41) is 8.63. The van der Waals surface area contributed by atoms with E-state index in [1.807, 2.05) is 19.1 Å². The van der Waals surface area contributed by atoms with Crippen LogP contribution in [0.2, 0.25) is 0 Å². The van der Waals surface area contributed by atoms with Crippen LogP contribution >= 0.6 is 0 Å². The number of carbonyl (C=O) groups is 1. The van der Waals surface area contributed by atoms with Crippen LogP contribution in [0.3, 0.4) is 0 Å². The second kappa shape index (κ2) is 7.56. The molecule has 0 aliphatic rings. The number of allylic oxidation sites excluding steroid dienone is 1. The van der Waals surface area contributed by atoms with Gasteiger partial charge in [0, 0.05) is 0 Å². The number of nitrogens with two attached hydrogens (primary N) is 1. The first-order valence-corrected chi connectivity index (χ1v) is 5.24. The Bertz CT molecular complexity index is 190. The third kappa shape index (κ3) is 5.75. The van der Waals surface area contributed by atoms with Gasteiger partial charge in [-0.15, -0.1) is 0 Å². The van der Waals surface area contributed by atoms with E-state index in [1.54, 1.807) is 0 Å². The molecule has 0 heterocycles. The monoisotopic (exact) mass is 199 g/mol. The van der Waals surface area contributed by atoms with E-state index in [2.05, 4.69) is 6.92 Å². The Hall–Kier alpha value is -0.830. The summed E-state index contributed by atoms with van der Waals surface area (Å²) in [5.74, 6) is -1.02. The molecule has 0 aromatic rings. The molecule has 0 saturated carbocycles. The molecule has 0 radical (unpaired) electrons. The van der Waals surface area contributed by atoms with Crippen LogP contribution in [0.25, 0.3) is 0 Å². The van der Waals surface area contributed by atoms with Gasteiger partial charge >= 0.3 is 5.97 Å². The number of unbranched alkanes of at least 4 members (excludes halogenated alkanes) is 3. The topological polar surface area (TPSA) is 63.3 Å². The first-order chi connectivity index (χ1) is 6.59. The van der Waals surface area contributed by atoms with E-state index in [0.29, 0.717) is 0 Å². The Labute approximate surface area is 86.0 Å². The highest BCUT2D eigenvalue weighted by Crippen LogP contribution is 2.06. The molecule has 0 amide bonds. The van der Waals surface area contributed by atoms with Crippen LogP contribution in [0.15, 0.2) is 12.2 Å². The van der Waals surface area contributed by atoms with Crippen LogP contribution in [-0.4, -0.2) is 17.1 Å². The largest absolute Gasteiger partial charge is 0.480 e. The maximum atomic E-state index is 10.5. The van der Waals surface area contributed by atoms with Gasteiger partial charge in [0.1, 0.15) is 6.04 Å². The molecule has 82 valence electrons. The average molecular weight is 199 g/mol. The molecule has 0 rings (SSSR count). The molecule has 0 aromatic heterocycles. The van der Waals surface area contributed by atoms with Gasteiger partial charge in [0.05, 0.1) is 0 Å². The van der Waals surface area contributed by atoms with Gasteiger partial charge in [-0.3, -0.25) is 4.79 Å². The Balaban J connectivity index is 3.70. The van der Waals surface area contributed by atoms with E-state index in [9.17, 15) is 4.79 Å². The summed E-state index contributed by atoms with van der Waals surface area (Å²) in [7, 11) is 0. The molecule has 0 aliphatic carbocycles. The minimum atomic E-state index is -0.935. The van der Waals surface area contributed by atoms with Crippen molar-refractivity contribution in [2.75, 3.05) is 0 Å². The minimum absolute atomic E-state index is 0.0888. The first kappa shape index (κ1) is 13.2. The lowest BCUT2D eigenvalue weighted by Gasteiger charge is -2.10. The van der Waals surface area contributed by atoms with Crippen molar-refractivity contribution in [3.05, 3.63) is 12.2 Å². The lowest BCUT2D eigenvalue weighted by molar-refractivity contribution is -0.139. The minimum Gasteiger partial charge on any atom is -0.480 e. The van der Waals surface area contributed by atoms with Crippen molar-refractivity contribution < 1.29 is 9.90 Å². The van der Waals surface area contributed by atoms with Crippen LogP contribution in [0.5, 0.6) is 0 Å². The van der Waals surface area contributed by atoms with Crippen molar-refractivity contribution in [2.45, 2.75) is 45.6 Å². The lowest BCUT2D eigenvalue weighted by Crippen LogP contribution is -2.35. The van der Waals surface area contributed by atoms with Crippen molar-refractivity contribution in [1.82, 2.24) is 0 Å². The summed E-state index contributed by atoms with van der Waals surface area (Å²) in [6.45, 7) is 3.99. The van der Waals surface area contributed by atoms with Crippen LogP contribution in [0, 0.1) is 5.92 Å². The maximum Gasteiger partial charge on any atom is 0.321 e. The van der Waals surface area contributed by atoms with Crippen molar-refractivity contribution in [3.8, 4) is 0 Å². The first-order valence-electron chi connectivity index (χ1n) is 5.24. The number of aliphatic carboxylic acids is 1. The Kier molecular flexibility index (Phi) is 7.11. The van der Waals surface area contributed by atoms with Crippen LogP contribution < -0.4 is 5.73 Å². The molecule has 0 bridgehead atoms. The zero-order valence-electron chi connectivity index (χ0n) is 9.07. The Morgan fingerprint density at radius 1 is 1.50 bits per heavy atom. The van der Waals surface area contributed by atoms with E-state index in [4.69, 9.17) is 10.8 Å². The summed E-state index contributed by atoms with van der Waals surface area (Å²) in [4.78, 5) is 10.5. The summed E-state index contributed by atoms with van der Waals surface area (Å²) in [6.07, 6.45) is 8.55. The molecule has 0 aliphatic heterocycles. The lowest BCUT2D eigenvalue weighted by atomic mass is 10.0. The fraction of sp³-hybridized carbons (Fsp3) is 0.727. The van der Waals surface area contributed by atoms with Gasteiger partial charge in [0.2, 0.25) is 0 Å². The summed E-state index contributed by atoms with van der Waals surface area (Å²) >= 11 is 0. The fourth-order valence-corrected chi connectivity index (χ4v) is 1.17. The summed E-state index contributed by atoms with van der Waals surface area (Å²) in [6, 6.07) is -0.780. The average Bonchev–Trinajstić information content (AvgIpc) is 2.16. The molecule has 0 saturated heterocycles. The van der Waals surface area contributed by atoms with Crippen LogP contribution in [0.1, 0.15) is 39.5 Å². The molecular formula is C11H21NO2. The van der Waals surface area contributed by atoms with Crippen molar-refractivity contribution in [2.24, 2.45) is 11.7 Å². The molecule has 0 spiro atoms. The standard InChI is InChI=1S/C11H21NO2/c1-3-4-5-6-7-8-9(2)10(12)11(13)14/h7-10H,3-6,12H2,1-2H3,(H,13,14)/b8-7-. The number of carboxylic acids is 1. The predicted octanol–water partition coefficient (Wildman–Crippen LogP) is 2.17. The van der Waals surface area contributed by atoms with Gasteiger partial charge in [-0.05, 0) is 18.8 Å². The van der Waals surface area contributed by atoms with E-state index >= 15 is 0 Å². The highest BCUT2D eigenvalue weighted by atomic mass is 16.4. The molecule has 0 fully saturated rings. The second-order valence-electron chi connectivity index (χ2n) is 3.65. The van der Waals surface area contributed by atoms with Crippen molar-refractivity contribution >= 4 is 5.97 Å². The molecule has 3 heteroatoms. The SMILES string of the molecule is CCCCC/C=C\C(C)C(N)C(=O)O.